The minimum absolute atomic E-state index is 0.583. The summed E-state index contributed by atoms with van der Waals surface area (Å²) in [5.74, 6) is 3.63. The van der Waals surface area contributed by atoms with Crippen LogP contribution < -0.4 is 25.7 Å². The molecule has 4 aromatic carbocycles. The normalized spacial score (nSPS) is 10.5. The van der Waals surface area contributed by atoms with Crippen LogP contribution in [-0.4, -0.2) is 7.11 Å². The number of rotatable bonds is 8. The lowest BCUT2D eigenvalue weighted by Crippen LogP contribution is -1.94. The summed E-state index contributed by atoms with van der Waals surface area (Å²) in [7, 11) is 1.59. The second kappa shape index (κ2) is 9.79. The Morgan fingerprint density at radius 2 is 1.00 bits per heavy atom. The van der Waals surface area contributed by atoms with Gasteiger partial charge in [-0.2, -0.15) is 0 Å². The van der Waals surface area contributed by atoms with Gasteiger partial charge < -0.3 is 25.7 Å². The molecule has 0 bridgehead atoms. The van der Waals surface area contributed by atoms with Crippen molar-refractivity contribution in [3.63, 3.8) is 0 Å². The van der Waals surface area contributed by atoms with Crippen LogP contribution >= 0.6 is 0 Å². The maximum absolute atomic E-state index is 5.91. The van der Waals surface area contributed by atoms with E-state index in [1.807, 2.05) is 54.6 Å². The van der Waals surface area contributed by atoms with Gasteiger partial charge in [0.1, 0.15) is 28.7 Å². The maximum Gasteiger partial charge on any atom is 0.145 e. The van der Waals surface area contributed by atoms with E-state index < -0.39 is 0 Å². The van der Waals surface area contributed by atoms with E-state index in [1.54, 1.807) is 19.2 Å². The number of nitrogens with two attached hydrogens (primary N) is 2. The Bertz CT molecular complexity index is 1160. The second-order valence-corrected chi connectivity index (χ2v) is 7.46. The highest BCUT2D eigenvalue weighted by molar-refractivity contribution is 5.56. The van der Waals surface area contributed by atoms with Crippen LogP contribution in [0.2, 0.25) is 0 Å². The molecule has 5 heteroatoms. The summed E-state index contributed by atoms with van der Waals surface area (Å²) in [5, 5.41) is 0. The first-order valence-electron chi connectivity index (χ1n) is 10.4. The molecule has 0 saturated carbocycles. The molecule has 0 aliphatic carbocycles. The summed E-state index contributed by atoms with van der Waals surface area (Å²) in [6.45, 7) is 0. The van der Waals surface area contributed by atoms with Gasteiger partial charge in [-0.05, 0) is 84.6 Å². The first-order valence-corrected chi connectivity index (χ1v) is 10.4. The lowest BCUT2D eigenvalue weighted by molar-refractivity contribution is 0.411. The van der Waals surface area contributed by atoms with Crippen molar-refractivity contribution in [1.29, 1.82) is 0 Å². The average molecular weight is 427 g/mol. The van der Waals surface area contributed by atoms with Crippen molar-refractivity contribution < 1.29 is 14.2 Å². The zero-order chi connectivity index (χ0) is 22.3. The third kappa shape index (κ3) is 5.52. The summed E-state index contributed by atoms with van der Waals surface area (Å²) < 4.78 is 17.0. The quantitative estimate of drug-likeness (QED) is 0.327. The largest absolute Gasteiger partial charge is 0.494 e. The summed E-state index contributed by atoms with van der Waals surface area (Å²) >= 11 is 0. The third-order valence-electron chi connectivity index (χ3n) is 5.11. The van der Waals surface area contributed by atoms with E-state index in [1.165, 1.54) is 11.1 Å². The third-order valence-corrected chi connectivity index (χ3v) is 5.11. The average Bonchev–Trinajstić information content (AvgIpc) is 2.82. The lowest BCUT2D eigenvalue weighted by atomic mass is 10.0. The Morgan fingerprint density at radius 1 is 0.562 bits per heavy atom. The number of anilines is 2. The van der Waals surface area contributed by atoms with Crippen LogP contribution in [0.3, 0.4) is 0 Å². The fourth-order valence-corrected chi connectivity index (χ4v) is 3.30. The Balaban J connectivity index is 1.30. The number of aryl methyl sites for hydroxylation is 2. The van der Waals surface area contributed by atoms with E-state index >= 15 is 0 Å². The van der Waals surface area contributed by atoms with Gasteiger partial charge in [-0.15, -0.1) is 0 Å². The van der Waals surface area contributed by atoms with E-state index in [4.69, 9.17) is 25.7 Å². The molecule has 4 N–H and O–H groups in total. The van der Waals surface area contributed by atoms with Gasteiger partial charge in [-0.3, -0.25) is 0 Å². The molecule has 4 aromatic rings. The van der Waals surface area contributed by atoms with Crippen molar-refractivity contribution in [2.75, 3.05) is 18.6 Å². The Hall–Kier alpha value is -4.12. The van der Waals surface area contributed by atoms with Crippen LogP contribution in [-0.2, 0) is 12.8 Å². The molecule has 0 saturated heterocycles. The van der Waals surface area contributed by atoms with E-state index in [9.17, 15) is 0 Å². The maximum atomic E-state index is 5.91. The van der Waals surface area contributed by atoms with Gasteiger partial charge in [0, 0.05) is 11.8 Å². The van der Waals surface area contributed by atoms with Gasteiger partial charge in [0.15, 0.2) is 0 Å². The minimum Gasteiger partial charge on any atom is -0.494 e. The summed E-state index contributed by atoms with van der Waals surface area (Å²) in [4.78, 5) is 0. The summed E-state index contributed by atoms with van der Waals surface area (Å²) in [6, 6.07) is 29.0. The molecule has 0 unspecified atom stereocenters. The predicted octanol–water partition coefficient (Wildman–Crippen LogP) is 6.23. The van der Waals surface area contributed by atoms with Crippen LogP contribution in [0, 0.1) is 0 Å². The highest BCUT2D eigenvalue weighted by Crippen LogP contribution is 2.30. The molecule has 0 atom stereocenters. The van der Waals surface area contributed by atoms with Gasteiger partial charge in [0.05, 0.1) is 12.8 Å². The molecule has 162 valence electrons. The summed E-state index contributed by atoms with van der Waals surface area (Å²) in [5.41, 5.74) is 15.4. The topological polar surface area (TPSA) is 79.7 Å². The molecule has 0 radical (unpaired) electrons. The zero-order valence-electron chi connectivity index (χ0n) is 18.0. The molecule has 0 heterocycles. The van der Waals surface area contributed by atoms with E-state index in [2.05, 4.69) is 24.3 Å². The molecule has 0 aliphatic rings. The highest BCUT2D eigenvalue weighted by Gasteiger charge is 2.04. The number of methoxy groups -OCH3 is 1. The van der Waals surface area contributed by atoms with Crippen molar-refractivity contribution in [3.8, 4) is 28.7 Å². The molecule has 0 fully saturated rings. The molecule has 32 heavy (non-hydrogen) atoms. The number of nitrogen functional groups attached to an aromatic ring is 2. The van der Waals surface area contributed by atoms with Crippen LogP contribution in [0.4, 0.5) is 11.4 Å². The van der Waals surface area contributed by atoms with E-state index in [-0.39, 0.29) is 0 Å². The Labute approximate surface area is 188 Å². The van der Waals surface area contributed by atoms with Crippen molar-refractivity contribution >= 4 is 11.4 Å². The number of hydrogen-bond acceptors (Lipinski definition) is 5. The Morgan fingerprint density at radius 3 is 1.50 bits per heavy atom. The first kappa shape index (κ1) is 21.1. The van der Waals surface area contributed by atoms with Gasteiger partial charge in [-0.1, -0.05) is 24.3 Å². The molecule has 0 aliphatic heterocycles. The van der Waals surface area contributed by atoms with Crippen LogP contribution in [0.25, 0.3) is 0 Å². The number of ether oxygens (including phenoxy) is 3. The fourth-order valence-electron chi connectivity index (χ4n) is 3.30. The number of benzene rings is 4. The van der Waals surface area contributed by atoms with Crippen LogP contribution in [0.15, 0.2) is 91.0 Å². The predicted molar refractivity (Wildman–Crippen MR) is 129 cm³/mol. The SMILES string of the molecule is COc1cc(Oc2ccc(CCc3ccc(Oc4ccc(N)cc4)cc3)cc2)ccc1N. The zero-order valence-corrected chi connectivity index (χ0v) is 18.0. The molecule has 5 nitrogen and oxygen atoms in total. The fraction of sp³-hybridized carbons (Fsp3) is 0.111. The Kier molecular flexibility index (Phi) is 6.46. The number of hydrogen-bond donors (Lipinski definition) is 2. The van der Waals surface area contributed by atoms with Crippen molar-refractivity contribution in [2.45, 2.75) is 12.8 Å². The molecule has 0 aromatic heterocycles. The molecule has 4 rings (SSSR count). The van der Waals surface area contributed by atoms with Gasteiger partial charge in [-0.25, -0.2) is 0 Å². The molecule has 0 amide bonds. The van der Waals surface area contributed by atoms with Gasteiger partial charge >= 0.3 is 0 Å². The minimum atomic E-state index is 0.583. The first-order chi connectivity index (χ1) is 15.6. The van der Waals surface area contributed by atoms with E-state index in [0.29, 0.717) is 17.2 Å². The monoisotopic (exact) mass is 426 g/mol. The molecular formula is C27H26N2O3. The van der Waals surface area contributed by atoms with Crippen molar-refractivity contribution in [2.24, 2.45) is 0 Å². The smallest absolute Gasteiger partial charge is 0.145 e. The van der Waals surface area contributed by atoms with E-state index in [0.717, 1.165) is 35.8 Å². The molecule has 0 spiro atoms. The standard InChI is InChI=1S/C27H26N2O3/c1-30-27-18-25(16-17-26(27)29)32-23-12-6-20(7-13-23)3-2-19-4-10-22(11-5-19)31-24-14-8-21(28)9-15-24/h4-18H,2-3,28-29H2,1H3. The van der Waals surface area contributed by atoms with Crippen molar-refractivity contribution in [1.82, 2.24) is 0 Å². The summed E-state index contributed by atoms with van der Waals surface area (Å²) in [6.07, 6.45) is 1.88. The van der Waals surface area contributed by atoms with Crippen molar-refractivity contribution in [3.05, 3.63) is 102 Å². The van der Waals surface area contributed by atoms with Gasteiger partial charge in [0.25, 0.3) is 0 Å². The van der Waals surface area contributed by atoms with Crippen LogP contribution in [0.5, 0.6) is 28.7 Å². The second-order valence-electron chi connectivity index (χ2n) is 7.46. The molecular weight excluding hydrogens is 400 g/mol. The van der Waals surface area contributed by atoms with Gasteiger partial charge in [0.2, 0.25) is 0 Å². The lowest BCUT2D eigenvalue weighted by Gasteiger charge is -2.10. The highest BCUT2D eigenvalue weighted by atomic mass is 16.5. The van der Waals surface area contributed by atoms with Crippen LogP contribution in [0.1, 0.15) is 11.1 Å².